The van der Waals surface area contributed by atoms with Crippen LogP contribution in [0.25, 0.3) is 0 Å². The molecule has 8 nitrogen and oxygen atoms in total. The summed E-state index contributed by atoms with van der Waals surface area (Å²) in [5.41, 5.74) is 0.227. The Kier molecular flexibility index (Phi) is 5.79. The summed E-state index contributed by atoms with van der Waals surface area (Å²) >= 11 is 0. The van der Waals surface area contributed by atoms with Crippen LogP contribution in [-0.4, -0.2) is 63.4 Å². The number of benzene rings is 1. The molecule has 0 aromatic heterocycles. The zero-order valence-electron chi connectivity index (χ0n) is 14.9. The minimum Gasteiger partial charge on any atom is -0.381 e. The summed E-state index contributed by atoms with van der Waals surface area (Å²) in [5, 5.41) is 14.2. The first-order chi connectivity index (χ1) is 12.3. The molecular weight excluding hydrogens is 358 g/mol. The van der Waals surface area contributed by atoms with Crippen molar-refractivity contribution in [2.75, 3.05) is 44.4 Å². The monoisotopic (exact) mass is 383 g/mol. The molecule has 3 rings (SSSR count). The largest absolute Gasteiger partial charge is 0.381 e. The number of rotatable bonds is 6. The molecule has 0 saturated carbocycles. The number of ether oxygens (including phenoxy) is 1. The van der Waals surface area contributed by atoms with Crippen LogP contribution in [0.4, 0.5) is 11.4 Å². The summed E-state index contributed by atoms with van der Waals surface area (Å²) in [4.78, 5) is 12.8. The zero-order valence-corrected chi connectivity index (χ0v) is 15.7. The highest BCUT2D eigenvalue weighted by molar-refractivity contribution is 7.90. The minimum atomic E-state index is -3.56. The predicted molar refractivity (Wildman–Crippen MR) is 98.2 cm³/mol. The fourth-order valence-electron chi connectivity index (χ4n) is 3.62. The molecular formula is C17H25N3O5S. The Hall–Kier alpha value is -1.71. The van der Waals surface area contributed by atoms with Crippen molar-refractivity contribution in [2.24, 2.45) is 5.92 Å². The third kappa shape index (κ3) is 4.72. The van der Waals surface area contributed by atoms with E-state index in [9.17, 15) is 18.5 Å². The van der Waals surface area contributed by atoms with E-state index in [1.807, 2.05) is 0 Å². The Balaban J connectivity index is 1.63. The van der Waals surface area contributed by atoms with Gasteiger partial charge in [-0.25, -0.2) is 8.42 Å². The molecule has 1 unspecified atom stereocenters. The first kappa shape index (κ1) is 19.1. The molecule has 0 bridgehead atoms. The van der Waals surface area contributed by atoms with Gasteiger partial charge in [-0.05, 0) is 31.2 Å². The fraction of sp³-hybridized carbons (Fsp3) is 0.647. The number of nitro benzene ring substituents is 1. The molecule has 2 aliphatic heterocycles. The molecule has 1 N–H and O–H groups in total. The fourth-order valence-corrected chi connectivity index (χ4v) is 4.48. The zero-order chi connectivity index (χ0) is 18.7. The van der Waals surface area contributed by atoms with E-state index in [2.05, 4.69) is 10.2 Å². The maximum Gasteiger partial charge on any atom is 0.270 e. The van der Waals surface area contributed by atoms with E-state index in [1.54, 1.807) is 0 Å². The van der Waals surface area contributed by atoms with Gasteiger partial charge in [0.25, 0.3) is 5.69 Å². The predicted octanol–water partition coefficient (Wildman–Crippen LogP) is 1.91. The smallest absolute Gasteiger partial charge is 0.270 e. The van der Waals surface area contributed by atoms with Crippen molar-refractivity contribution in [1.29, 1.82) is 0 Å². The van der Waals surface area contributed by atoms with Gasteiger partial charge in [-0.1, -0.05) is 0 Å². The van der Waals surface area contributed by atoms with Crippen LogP contribution in [0.15, 0.2) is 23.1 Å². The summed E-state index contributed by atoms with van der Waals surface area (Å²) in [6, 6.07) is 4.13. The molecule has 1 atom stereocenters. The third-order valence-corrected chi connectivity index (χ3v) is 6.20. The highest BCUT2D eigenvalue weighted by Gasteiger charge is 2.25. The van der Waals surface area contributed by atoms with E-state index >= 15 is 0 Å². The average molecular weight is 383 g/mol. The number of nitro groups is 1. The number of hydrogen-bond donors (Lipinski definition) is 1. The van der Waals surface area contributed by atoms with Crippen LogP contribution in [0, 0.1) is 16.0 Å². The van der Waals surface area contributed by atoms with Gasteiger partial charge in [0.2, 0.25) is 0 Å². The number of non-ortho nitro benzene ring substituents is 1. The number of likely N-dealkylation sites (tertiary alicyclic amines) is 1. The molecule has 26 heavy (non-hydrogen) atoms. The SMILES string of the molecule is CS(=O)(=O)c1cc([N+](=O)[O-])ccc1NC1CCN(CC2CCOC2)CC1. The van der Waals surface area contributed by atoms with Gasteiger partial charge in [0, 0.05) is 50.7 Å². The molecule has 0 aliphatic carbocycles. The molecule has 0 spiro atoms. The number of hydrogen-bond acceptors (Lipinski definition) is 7. The molecule has 1 aromatic rings. The van der Waals surface area contributed by atoms with Gasteiger partial charge in [0.05, 0.1) is 22.1 Å². The summed E-state index contributed by atoms with van der Waals surface area (Å²) in [5.74, 6) is 0.617. The quantitative estimate of drug-likeness (QED) is 0.591. The second-order valence-electron chi connectivity index (χ2n) is 7.16. The van der Waals surface area contributed by atoms with Gasteiger partial charge in [0.1, 0.15) is 0 Å². The van der Waals surface area contributed by atoms with Crippen molar-refractivity contribution in [3.8, 4) is 0 Å². The molecule has 2 saturated heterocycles. The van der Waals surface area contributed by atoms with Crippen molar-refractivity contribution >= 4 is 21.2 Å². The van der Waals surface area contributed by atoms with E-state index in [0.717, 1.165) is 64.4 Å². The molecule has 1 aromatic carbocycles. The lowest BCUT2D eigenvalue weighted by atomic mass is 10.0. The normalized spacial score (nSPS) is 22.4. The van der Waals surface area contributed by atoms with Crippen LogP contribution in [-0.2, 0) is 14.6 Å². The first-order valence-electron chi connectivity index (χ1n) is 8.88. The standard InChI is InChI=1S/C17H25N3O5S/c1-26(23,24)17-10-15(20(21)22)2-3-16(17)18-14-4-7-19(8-5-14)11-13-6-9-25-12-13/h2-3,10,13-14,18H,4-9,11-12H2,1H3. The Labute approximate surface area is 153 Å². The number of piperidine rings is 1. The van der Waals surface area contributed by atoms with Crippen LogP contribution in [0.3, 0.4) is 0 Å². The van der Waals surface area contributed by atoms with E-state index in [4.69, 9.17) is 4.74 Å². The van der Waals surface area contributed by atoms with Gasteiger partial charge < -0.3 is 15.0 Å². The Bertz CT molecular complexity index is 754. The Morgan fingerprint density at radius 2 is 2.04 bits per heavy atom. The highest BCUT2D eigenvalue weighted by atomic mass is 32.2. The molecule has 2 aliphatic rings. The maximum atomic E-state index is 12.0. The van der Waals surface area contributed by atoms with Crippen LogP contribution < -0.4 is 5.32 Å². The van der Waals surface area contributed by atoms with E-state index in [-0.39, 0.29) is 16.6 Å². The highest BCUT2D eigenvalue weighted by Crippen LogP contribution is 2.28. The van der Waals surface area contributed by atoms with E-state index in [1.165, 1.54) is 12.1 Å². The van der Waals surface area contributed by atoms with Gasteiger partial charge in [-0.15, -0.1) is 0 Å². The van der Waals surface area contributed by atoms with Crippen molar-refractivity contribution in [3.63, 3.8) is 0 Å². The lowest BCUT2D eigenvalue weighted by Crippen LogP contribution is -2.41. The first-order valence-corrected chi connectivity index (χ1v) is 10.8. The topological polar surface area (TPSA) is 102 Å². The van der Waals surface area contributed by atoms with Crippen LogP contribution in [0.1, 0.15) is 19.3 Å². The van der Waals surface area contributed by atoms with Crippen molar-refractivity contribution in [3.05, 3.63) is 28.3 Å². The average Bonchev–Trinajstić information content (AvgIpc) is 3.09. The van der Waals surface area contributed by atoms with Crippen LogP contribution >= 0.6 is 0 Å². The van der Waals surface area contributed by atoms with E-state index < -0.39 is 14.8 Å². The van der Waals surface area contributed by atoms with Gasteiger partial charge in [0.15, 0.2) is 9.84 Å². The van der Waals surface area contributed by atoms with Crippen LogP contribution in [0.5, 0.6) is 0 Å². The Morgan fingerprint density at radius 1 is 1.31 bits per heavy atom. The van der Waals surface area contributed by atoms with Crippen LogP contribution in [0.2, 0.25) is 0 Å². The Morgan fingerprint density at radius 3 is 2.62 bits per heavy atom. The van der Waals surface area contributed by atoms with Gasteiger partial charge in [-0.3, -0.25) is 10.1 Å². The maximum absolute atomic E-state index is 12.0. The van der Waals surface area contributed by atoms with E-state index in [0.29, 0.717) is 11.6 Å². The van der Waals surface area contributed by atoms with Crippen molar-refractivity contribution < 1.29 is 18.1 Å². The third-order valence-electron chi connectivity index (χ3n) is 5.06. The lowest BCUT2D eigenvalue weighted by Gasteiger charge is -2.34. The lowest BCUT2D eigenvalue weighted by molar-refractivity contribution is -0.385. The minimum absolute atomic E-state index is 0.0165. The number of nitrogens with zero attached hydrogens (tertiary/aromatic N) is 2. The molecule has 0 amide bonds. The number of sulfone groups is 1. The number of nitrogens with one attached hydrogen (secondary N) is 1. The molecule has 2 fully saturated rings. The van der Waals surface area contributed by atoms with Gasteiger partial charge in [-0.2, -0.15) is 0 Å². The second kappa shape index (κ2) is 7.89. The molecule has 2 heterocycles. The summed E-state index contributed by atoms with van der Waals surface area (Å²) < 4.78 is 29.5. The summed E-state index contributed by atoms with van der Waals surface area (Å²) in [7, 11) is -3.56. The molecule has 9 heteroatoms. The molecule has 0 radical (unpaired) electrons. The summed E-state index contributed by atoms with van der Waals surface area (Å²) in [6.07, 6.45) is 4.02. The number of anilines is 1. The summed E-state index contributed by atoms with van der Waals surface area (Å²) in [6.45, 7) is 4.67. The second-order valence-corrected chi connectivity index (χ2v) is 9.14. The van der Waals surface area contributed by atoms with Crippen molar-refractivity contribution in [1.82, 2.24) is 4.90 Å². The molecule has 144 valence electrons. The van der Waals surface area contributed by atoms with Gasteiger partial charge >= 0.3 is 0 Å². The van der Waals surface area contributed by atoms with Crippen molar-refractivity contribution in [2.45, 2.75) is 30.2 Å².